The first-order valence-corrected chi connectivity index (χ1v) is 7.29. The first kappa shape index (κ1) is 16.2. The second-order valence-electron chi connectivity index (χ2n) is 7.09. The third-order valence-electron chi connectivity index (χ3n) is 3.42. The molecule has 2 aromatic heterocycles. The van der Waals surface area contributed by atoms with Crippen molar-refractivity contribution in [3.05, 3.63) is 12.5 Å². The number of carbonyl (C=O) groups is 1. The van der Waals surface area contributed by atoms with Gasteiger partial charge in [-0.15, -0.1) is 0 Å². The minimum absolute atomic E-state index is 0.107. The first-order chi connectivity index (χ1) is 10.1. The molecular weight excluding hydrogens is 282 g/mol. The zero-order valence-electron chi connectivity index (χ0n) is 13.7. The van der Waals surface area contributed by atoms with Gasteiger partial charge >= 0.3 is 5.97 Å². The van der Waals surface area contributed by atoms with Crippen molar-refractivity contribution in [1.29, 1.82) is 0 Å². The van der Waals surface area contributed by atoms with Crippen molar-refractivity contribution < 1.29 is 9.90 Å². The second-order valence-corrected chi connectivity index (χ2v) is 7.09. The molecule has 0 aromatic carbocycles. The summed E-state index contributed by atoms with van der Waals surface area (Å²) in [5, 5.41) is 17.4. The van der Waals surface area contributed by atoms with Crippen molar-refractivity contribution >= 4 is 22.8 Å². The van der Waals surface area contributed by atoms with E-state index < -0.39 is 5.97 Å². The summed E-state index contributed by atoms with van der Waals surface area (Å²) in [6, 6.07) is 0. The van der Waals surface area contributed by atoms with E-state index in [4.69, 9.17) is 5.11 Å². The molecule has 0 aliphatic heterocycles. The average Bonchev–Trinajstić information content (AvgIpc) is 2.81. The van der Waals surface area contributed by atoms with Crippen molar-refractivity contribution in [2.45, 2.75) is 58.5 Å². The predicted molar refractivity (Wildman–Crippen MR) is 84.9 cm³/mol. The number of aliphatic carboxylic acids is 1. The third kappa shape index (κ3) is 3.52. The van der Waals surface area contributed by atoms with Crippen LogP contribution < -0.4 is 5.32 Å². The Bertz CT molecular complexity index is 685. The van der Waals surface area contributed by atoms with Crippen molar-refractivity contribution in [3.63, 3.8) is 0 Å². The van der Waals surface area contributed by atoms with Gasteiger partial charge in [-0.3, -0.25) is 4.79 Å². The summed E-state index contributed by atoms with van der Waals surface area (Å²) in [6.45, 7) is 10.1. The minimum Gasteiger partial charge on any atom is -0.481 e. The molecule has 0 amide bonds. The highest BCUT2D eigenvalue weighted by molar-refractivity contribution is 5.86. The number of carboxylic acid groups (broad SMARTS) is 1. The number of nitrogens with one attached hydrogen (secondary N) is 1. The van der Waals surface area contributed by atoms with Gasteiger partial charge in [-0.1, -0.05) is 0 Å². The summed E-state index contributed by atoms with van der Waals surface area (Å²) in [5.74, 6) is -0.126. The summed E-state index contributed by atoms with van der Waals surface area (Å²) in [5.41, 5.74) is 0.203. The summed E-state index contributed by atoms with van der Waals surface area (Å²) in [6.07, 6.45) is 3.86. The van der Waals surface area contributed by atoms with E-state index >= 15 is 0 Å². The van der Waals surface area contributed by atoms with Gasteiger partial charge in [0.15, 0.2) is 5.65 Å². The Kier molecular flexibility index (Phi) is 4.08. The molecule has 120 valence electrons. The summed E-state index contributed by atoms with van der Waals surface area (Å²) in [7, 11) is 0. The number of hydrogen-bond donors (Lipinski definition) is 2. The molecule has 0 fully saturated rings. The van der Waals surface area contributed by atoms with Crippen molar-refractivity contribution in [2.75, 3.05) is 5.32 Å². The molecule has 7 nitrogen and oxygen atoms in total. The molecule has 0 aliphatic rings. The maximum Gasteiger partial charge on any atom is 0.303 e. The first-order valence-electron chi connectivity index (χ1n) is 7.29. The van der Waals surface area contributed by atoms with Crippen molar-refractivity contribution in [3.8, 4) is 0 Å². The molecule has 2 N–H and O–H groups in total. The summed E-state index contributed by atoms with van der Waals surface area (Å²) < 4.78 is 1.86. The van der Waals surface area contributed by atoms with Gasteiger partial charge in [-0.05, 0) is 41.0 Å². The maximum absolute atomic E-state index is 10.8. The summed E-state index contributed by atoms with van der Waals surface area (Å²) >= 11 is 0. The molecule has 0 saturated heterocycles. The van der Waals surface area contributed by atoms with Gasteiger partial charge < -0.3 is 10.4 Å². The number of fused-ring (bicyclic) bond motifs is 1. The third-order valence-corrected chi connectivity index (χ3v) is 3.42. The average molecular weight is 305 g/mol. The number of hydrogen-bond acceptors (Lipinski definition) is 5. The summed E-state index contributed by atoms with van der Waals surface area (Å²) in [4.78, 5) is 19.4. The normalized spacial score (nSPS) is 12.6. The van der Waals surface area contributed by atoms with Crippen LogP contribution in [0.4, 0.5) is 5.82 Å². The highest BCUT2D eigenvalue weighted by Crippen LogP contribution is 2.27. The molecule has 7 heteroatoms. The Labute approximate surface area is 129 Å². The fourth-order valence-corrected chi connectivity index (χ4v) is 2.24. The number of aromatic nitrogens is 4. The van der Waals surface area contributed by atoms with Crippen LogP contribution in [0.5, 0.6) is 0 Å². The number of nitrogens with zero attached hydrogens (tertiary/aromatic N) is 4. The molecule has 22 heavy (non-hydrogen) atoms. The lowest BCUT2D eigenvalue weighted by molar-refractivity contribution is -0.137. The smallest absolute Gasteiger partial charge is 0.303 e. The van der Waals surface area contributed by atoms with Gasteiger partial charge in [-0.2, -0.15) is 5.10 Å². The molecule has 0 saturated carbocycles. The lowest BCUT2D eigenvalue weighted by Crippen LogP contribution is -2.32. The number of rotatable bonds is 5. The van der Waals surface area contributed by atoms with Crippen LogP contribution >= 0.6 is 0 Å². The van der Waals surface area contributed by atoms with Crippen molar-refractivity contribution in [1.82, 2.24) is 19.7 Å². The van der Waals surface area contributed by atoms with Gasteiger partial charge in [0.1, 0.15) is 12.1 Å². The van der Waals surface area contributed by atoms with Crippen molar-refractivity contribution in [2.24, 2.45) is 0 Å². The largest absolute Gasteiger partial charge is 0.481 e. The Morgan fingerprint density at radius 3 is 2.55 bits per heavy atom. The van der Waals surface area contributed by atoms with Gasteiger partial charge in [0.05, 0.1) is 17.1 Å². The number of anilines is 1. The van der Waals surface area contributed by atoms with E-state index in [9.17, 15) is 4.79 Å². The molecule has 0 atom stereocenters. The molecule has 0 unspecified atom stereocenters. The van der Waals surface area contributed by atoms with E-state index in [1.165, 1.54) is 6.33 Å². The van der Waals surface area contributed by atoms with E-state index in [0.717, 1.165) is 11.0 Å². The minimum atomic E-state index is -0.803. The molecule has 0 spiro atoms. The fourth-order valence-electron chi connectivity index (χ4n) is 2.24. The Morgan fingerprint density at radius 2 is 1.95 bits per heavy atom. The van der Waals surface area contributed by atoms with Crippen LogP contribution in [-0.2, 0) is 10.3 Å². The molecule has 0 bridgehead atoms. The molecule has 2 aromatic rings. The fraction of sp³-hybridized carbons (Fsp3) is 0.600. The van der Waals surface area contributed by atoms with Gasteiger partial charge in [0, 0.05) is 12.0 Å². The monoisotopic (exact) mass is 305 g/mol. The number of carboxylic acids is 1. The van der Waals surface area contributed by atoms with Crippen LogP contribution in [0.25, 0.3) is 11.0 Å². The van der Waals surface area contributed by atoms with Crippen LogP contribution in [0.1, 0.15) is 47.5 Å². The Morgan fingerprint density at radius 1 is 1.27 bits per heavy atom. The van der Waals surface area contributed by atoms with Crippen LogP contribution in [-0.4, -0.2) is 36.4 Å². The highest BCUT2D eigenvalue weighted by atomic mass is 16.4. The molecule has 0 radical (unpaired) electrons. The highest BCUT2D eigenvalue weighted by Gasteiger charge is 2.23. The zero-order chi connectivity index (χ0) is 16.5. The Hall–Kier alpha value is -2.18. The van der Waals surface area contributed by atoms with E-state index in [0.29, 0.717) is 12.2 Å². The molecular formula is C15H23N5O2. The Balaban J connectivity index is 2.33. The van der Waals surface area contributed by atoms with Crippen LogP contribution in [0.15, 0.2) is 12.5 Å². The SMILES string of the molecule is CC(C)(CCC(=O)O)Nc1ncnc2c1cnn2C(C)(C)C. The predicted octanol–water partition coefficient (Wildman–Crippen LogP) is 2.64. The topological polar surface area (TPSA) is 92.9 Å². The van der Waals surface area contributed by atoms with Gasteiger partial charge in [0.2, 0.25) is 0 Å². The molecule has 0 aliphatic carbocycles. The van der Waals surface area contributed by atoms with Gasteiger partial charge in [-0.25, -0.2) is 14.6 Å². The molecule has 2 rings (SSSR count). The lowest BCUT2D eigenvalue weighted by Gasteiger charge is -2.26. The quantitative estimate of drug-likeness (QED) is 0.882. The maximum atomic E-state index is 10.8. The van der Waals surface area contributed by atoms with Crippen LogP contribution in [0.2, 0.25) is 0 Å². The van der Waals surface area contributed by atoms with Gasteiger partial charge in [0.25, 0.3) is 0 Å². The zero-order valence-corrected chi connectivity index (χ0v) is 13.7. The van der Waals surface area contributed by atoms with E-state index in [1.807, 2.05) is 18.5 Å². The second kappa shape index (κ2) is 5.55. The standard InChI is InChI=1S/C15H23N5O2/c1-14(2,3)20-13-10(8-18-20)12(16-9-17-13)19-15(4,5)7-6-11(21)22/h8-9H,6-7H2,1-5H3,(H,21,22)(H,16,17,19). The van der Waals surface area contributed by atoms with Crippen LogP contribution in [0.3, 0.4) is 0 Å². The van der Waals surface area contributed by atoms with Crippen LogP contribution in [0, 0.1) is 0 Å². The van der Waals surface area contributed by atoms with E-state index in [1.54, 1.807) is 6.20 Å². The van der Waals surface area contributed by atoms with E-state index in [2.05, 4.69) is 41.2 Å². The molecule has 2 heterocycles. The lowest BCUT2D eigenvalue weighted by atomic mass is 9.98. The van der Waals surface area contributed by atoms with E-state index in [-0.39, 0.29) is 17.5 Å².